The fraction of sp³-hybridized carbons (Fsp3) is 0.0952. The van der Waals surface area contributed by atoms with E-state index in [1.807, 2.05) is 0 Å². The first-order chi connectivity index (χ1) is 15.9. The number of nitrogens with zero attached hydrogens (tertiary/aromatic N) is 1. The highest BCUT2D eigenvalue weighted by Crippen LogP contribution is 2.22. The highest BCUT2D eigenvalue weighted by atomic mass is 32.2. The van der Waals surface area contributed by atoms with E-state index in [4.69, 9.17) is 4.18 Å². The van der Waals surface area contributed by atoms with Crippen molar-refractivity contribution < 1.29 is 30.6 Å². The van der Waals surface area contributed by atoms with Crippen molar-refractivity contribution in [2.75, 3.05) is 15.4 Å². The van der Waals surface area contributed by atoms with Crippen LogP contribution in [0.4, 0.5) is 17.2 Å². The Labute approximate surface area is 196 Å². The summed E-state index contributed by atoms with van der Waals surface area (Å²) in [5.74, 6) is -1.13. The number of nitrogens with one attached hydrogen (secondary N) is 3. The topological polar surface area (TPSA) is 161 Å². The third-order valence-corrected chi connectivity index (χ3v) is 6.72. The van der Waals surface area contributed by atoms with Crippen molar-refractivity contribution in [1.82, 2.24) is 4.98 Å². The second-order valence-electron chi connectivity index (χ2n) is 6.92. The van der Waals surface area contributed by atoms with E-state index in [0.717, 1.165) is 0 Å². The van der Waals surface area contributed by atoms with Gasteiger partial charge in [-0.3, -0.25) is 14.3 Å². The summed E-state index contributed by atoms with van der Waals surface area (Å²) in [4.78, 5) is 25.8. The van der Waals surface area contributed by atoms with E-state index < -0.39 is 20.1 Å². The van der Waals surface area contributed by atoms with Crippen LogP contribution in [0, 0.1) is 0 Å². The standard InChI is InChI=1S/C21H20N4O7S2/c1-14(26)22-16-6-10-18(11-7-16)33(28,29)25-20-4-3-5-21(24-20)32-34(30,31)19-12-8-17(9-13-19)23-15(2)27/h3-13H,1-2H3,(H,22,26)(H,23,27)(H,24,25). The lowest BCUT2D eigenvalue weighted by molar-refractivity contribution is -0.115. The summed E-state index contributed by atoms with van der Waals surface area (Å²) in [7, 11) is -8.32. The molecule has 0 aliphatic rings. The van der Waals surface area contributed by atoms with Gasteiger partial charge in [0.15, 0.2) is 0 Å². The molecule has 1 heterocycles. The van der Waals surface area contributed by atoms with Crippen molar-refractivity contribution in [3.63, 3.8) is 0 Å². The zero-order chi connectivity index (χ0) is 24.9. The Kier molecular flexibility index (Phi) is 7.17. The molecular formula is C21H20N4O7S2. The number of hydrogen-bond donors (Lipinski definition) is 3. The third-order valence-electron chi connectivity index (χ3n) is 4.11. The van der Waals surface area contributed by atoms with Gasteiger partial charge in [-0.05, 0) is 54.6 Å². The summed E-state index contributed by atoms with van der Waals surface area (Å²) in [6.07, 6.45) is 0. The van der Waals surface area contributed by atoms with Crippen LogP contribution in [0.5, 0.6) is 5.88 Å². The molecule has 3 aromatic rings. The molecule has 0 atom stereocenters. The average molecular weight is 505 g/mol. The molecule has 0 unspecified atom stereocenters. The second kappa shape index (κ2) is 9.89. The molecule has 0 aliphatic heterocycles. The van der Waals surface area contributed by atoms with E-state index in [9.17, 15) is 26.4 Å². The van der Waals surface area contributed by atoms with Crippen LogP contribution in [-0.2, 0) is 29.7 Å². The molecule has 3 rings (SSSR count). The van der Waals surface area contributed by atoms with Gasteiger partial charge in [0.25, 0.3) is 10.0 Å². The van der Waals surface area contributed by atoms with Gasteiger partial charge < -0.3 is 14.8 Å². The predicted octanol–water partition coefficient (Wildman–Crippen LogP) is 2.57. The molecule has 13 heteroatoms. The van der Waals surface area contributed by atoms with Crippen LogP contribution in [0.15, 0.2) is 76.5 Å². The Balaban J connectivity index is 1.75. The minimum absolute atomic E-state index is 0.0957. The van der Waals surface area contributed by atoms with Crippen LogP contribution >= 0.6 is 0 Å². The molecule has 2 amide bonds. The number of anilines is 3. The first-order valence-electron chi connectivity index (χ1n) is 9.64. The van der Waals surface area contributed by atoms with E-state index in [0.29, 0.717) is 11.4 Å². The number of aromatic nitrogens is 1. The van der Waals surface area contributed by atoms with Gasteiger partial charge in [-0.1, -0.05) is 6.07 Å². The molecule has 178 valence electrons. The average Bonchev–Trinajstić information content (AvgIpc) is 2.73. The lowest BCUT2D eigenvalue weighted by Gasteiger charge is -2.10. The van der Waals surface area contributed by atoms with E-state index in [1.54, 1.807) is 0 Å². The normalized spacial score (nSPS) is 11.4. The Morgan fingerprint density at radius 3 is 1.74 bits per heavy atom. The van der Waals surface area contributed by atoms with E-state index in [-0.39, 0.29) is 33.3 Å². The van der Waals surface area contributed by atoms with Gasteiger partial charge in [0.1, 0.15) is 10.7 Å². The zero-order valence-corrected chi connectivity index (χ0v) is 19.6. The van der Waals surface area contributed by atoms with Crippen LogP contribution < -0.4 is 19.5 Å². The van der Waals surface area contributed by atoms with Gasteiger partial charge in [-0.15, -0.1) is 0 Å². The van der Waals surface area contributed by atoms with Gasteiger partial charge in [-0.2, -0.15) is 13.4 Å². The monoisotopic (exact) mass is 504 g/mol. The van der Waals surface area contributed by atoms with E-state index >= 15 is 0 Å². The number of amides is 2. The summed E-state index contributed by atoms with van der Waals surface area (Å²) in [5, 5.41) is 5.05. The number of carbonyl (C=O) groups is 2. The molecular weight excluding hydrogens is 484 g/mol. The van der Waals surface area contributed by atoms with Crippen molar-refractivity contribution in [1.29, 1.82) is 0 Å². The second-order valence-corrected chi connectivity index (χ2v) is 10.1. The van der Waals surface area contributed by atoms with Gasteiger partial charge in [-0.25, -0.2) is 8.42 Å². The van der Waals surface area contributed by atoms with Gasteiger partial charge in [0.2, 0.25) is 17.7 Å². The molecule has 0 radical (unpaired) electrons. The summed E-state index contributed by atoms with van der Waals surface area (Å²) < 4.78 is 57.6. The van der Waals surface area contributed by atoms with Crippen LogP contribution in [0.2, 0.25) is 0 Å². The SMILES string of the molecule is CC(=O)Nc1ccc(S(=O)(=O)Nc2cccc(OS(=O)(=O)c3ccc(NC(C)=O)cc3)n2)cc1. The maximum atomic E-state index is 12.6. The van der Waals surface area contributed by atoms with Crippen molar-refractivity contribution in [2.24, 2.45) is 0 Å². The third kappa shape index (κ3) is 6.52. The first kappa shape index (κ1) is 24.7. The van der Waals surface area contributed by atoms with Crippen molar-refractivity contribution in [3.8, 4) is 5.88 Å². The van der Waals surface area contributed by atoms with Crippen molar-refractivity contribution in [3.05, 3.63) is 66.7 Å². The molecule has 3 N–H and O–H groups in total. The number of rotatable bonds is 8. The van der Waals surface area contributed by atoms with Crippen LogP contribution in [0.3, 0.4) is 0 Å². The Hall–Kier alpha value is -3.97. The van der Waals surface area contributed by atoms with E-state index in [1.165, 1.54) is 80.6 Å². The molecule has 0 aliphatic carbocycles. The molecule has 1 aromatic heterocycles. The first-order valence-corrected chi connectivity index (χ1v) is 12.5. The maximum Gasteiger partial charge on any atom is 0.340 e. The van der Waals surface area contributed by atoms with Crippen LogP contribution in [-0.4, -0.2) is 33.6 Å². The molecule has 0 spiro atoms. The molecule has 2 aromatic carbocycles. The molecule has 0 fully saturated rings. The molecule has 11 nitrogen and oxygen atoms in total. The van der Waals surface area contributed by atoms with Crippen molar-refractivity contribution in [2.45, 2.75) is 23.6 Å². The molecule has 0 saturated carbocycles. The number of carbonyl (C=O) groups excluding carboxylic acids is 2. The lowest BCUT2D eigenvalue weighted by Crippen LogP contribution is -2.15. The number of sulfonamides is 1. The Morgan fingerprint density at radius 1 is 0.735 bits per heavy atom. The smallest absolute Gasteiger partial charge is 0.340 e. The predicted molar refractivity (Wildman–Crippen MR) is 124 cm³/mol. The largest absolute Gasteiger partial charge is 0.358 e. The molecule has 0 bridgehead atoms. The molecule has 0 saturated heterocycles. The quantitative estimate of drug-likeness (QED) is 0.395. The Morgan fingerprint density at radius 2 is 1.24 bits per heavy atom. The highest BCUT2D eigenvalue weighted by molar-refractivity contribution is 7.92. The Bertz CT molecular complexity index is 1310. The van der Waals surface area contributed by atoms with Crippen molar-refractivity contribution >= 4 is 49.1 Å². The minimum Gasteiger partial charge on any atom is -0.358 e. The summed E-state index contributed by atoms with van der Waals surface area (Å²) in [6.45, 7) is 2.65. The number of hydrogen-bond acceptors (Lipinski definition) is 8. The summed E-state index contributed by atoms with van der Waals surface area (Å²) >= 11 is 0. The fourth-order valence-electron chi connectivity index (χ4n) is 2.70. The molecule has 34 heavy (non-hydrogen) atoms. The van der Waals surface area contributed by atoms with E-state index in [2.05, 4.69) is 20.3 Å². The number of pyridine rings is 1. The lowest BCUT2D eigenvalue weighted by atomic mass is 10.3. The maximum absolute atomic E-state index is 12.6. The summed E-state index contributed by atoms with van der Waals surface area (Å²) in [6, 6.07) is 14.7. The number of benzene rings is 2. The van der Waals surface area contributed by atoms with Gasteiger partial charge in [0.05, 0.1) is 4.90 Å². The zero-order valence-electron chi connectivity index (χ0n) is 18.0. The van der Waals surface area contributed by atoms with Crippen LogP contribution in [0.1, 0.15) is 13.8 Å². The fourth-order valence-corrected chi connectivity index (χ4v) is 4.59. The highest BCUT2D eigenvalue weighted by Gasteiger charge is 2.19. The van der Waals surface area contributed by atoms with Gasteiger partial charge in [0, 0.05) is 31.3 Å². The van der Waals surface area contributed by atoms with Crippen LogP contribution in [0.25, 0.3) is 0 Å². The summed E-state index contributed by atoms with van der Waals surface area (Å²) in [5.41, 5.74) is 0.835. The van der Waals surface area contributed by atoms with Gasteiger partial charge >= 0.3 is 10.1 Å². The minimum atomic E-state index is -4.27.